The molecule has 0 saturated carbocycles. The van der Waals surface area contributed by atoms with Crippen molar-refractivity contribution in [3.05, 3.63) is 63.9 Å². The summed E-state index contributed by atoms with van der Waals surface area (Å²) in [5.74, 6) is 0.788. The van der Waals surface area contributed by atoms with Crippen molar-refractivity contribution in [2.45, 2.75) is 19.9 Å². The fourth-order valence-electron chi connectivity index (χ4n) is 1.99. The molecule has 2 rings (SSSR count). The Morgan fingerprint density at radius 2 is 1.75 bits per heavy atom. The Morgan fingerprint density at radius 3 is 2.38 bits per heavy atom. The molecular weight excluding hydrogens is 458 g/mol. The number of nitrogens with one attached hydrogen (secondary N) is 2. The van der Waals surface area contributed by atoms with E-state index in [-0.39, 0.29) is 24.0 Å². The van der Waals surface area contributed by atoms with E-state index in [9.17, 15) is 0 Å². The van der Waals surface area contributed by atoms with Gasteiger partial charge in [-0.1, -0.05) is 41.4 Å². The minimum Gasteiger partial charge on any atom is -0.357 e. The van der Waals surface area contributed by atoms with Crippen LogP contribution in [0.5, 0.6) is 0 Å². The van der Waals surface area contributed by atoms with Gasteiger partial charge in [-0.15, -0.1) is 24.0 Å². The van der Waals surface area contributed by atoms with E-state index in [1.165, 1.54) is 5.56 Å². The maximum absolute atomic E-state index is 5.89. The second-order valence-corrected chi connectivity index (χ2v) is 5.81. The highest BCUT2D eigenvalue weighted by Crippen LogP contribution is 2.09. The van der Waals surface area contributed by atoms with Gasteiger partial charge in [0.2, 0.25) is 0 Å². The minimum absolute atomic E-state index is 0. The molecule has 0 unspecified atom stereocenters. The lowest BCUT2D eigenvalue weighted by Crippen LogP contribution is -2.38. The highest BCUT2D eigenvalue weighted by molar-refractivity contribution is 14.0. The average Bonchev–Trinajstić information content (AvgIpc) is 2.56. The monoisotopic (exact) mass is 478 g/mol. The zero-order valence-corrected chi connectivity index (χ0v) is 17.3. The maximum Gasteiger partial charge on any atom is 0.191 e. The van der Waals surface area contributed by atoms with Crippen molar-refractivity contribution in [3.8, 4) is 0 Å². The first-order chi connectivity index (χ1) is 11.2. The largest absolute Gasteiger partial charge is 0.357 e. The Morgan fingerprint density at radius 1 is 1.04 bits per heavy atom. The Hall–Kier alpha value is -1.05. The first kappa shape index (κ1) is 21.0. The van der Waals surface area contributed by atoms with Crippen molar-refractivity contribution in [1.29, 1.82) is 0 Å². The second kappa shape index (κ2) is 11.5. The standard InChI is InChI=1S/C17H20Cl2N4.HI/c1-2-20-17(23-12-14-5-8-16(19)22-11-14)21-10-9-13-3-6-15(18)7-4-13;/h3-8,11H,2,9-10,12H2,1H3,(H2,20,21,23);1H. The Balaban J connectivity index is 0.00000288. The van der Waals surface area contributed by atoms with Gasteiger partial charge in [0, 0.05) is 24.3 Å². The Bertz CT molecular complexity index is 630. The van der Waals surface area contributed by atoms with Gasteiger partial charge in [-0.2, -0.15) is 0 Å². The van der Waals surface area contributed by atoms with Gasteiger partial charge in [-0.3, -0.25) is 0 Å². The third-order valence-corrected chi connectivity index (χ3v) is 3.65. The van der Waals surface area contributed by atoms with E-state index in [4.69, 9.17) is 23.2 Å². The number of halogens is 3. The van der Waals surface area contributed by atoms with Crippen LogP contribution in [0.2, 0.25) is 10.2 Å². The van der Waals surface area contributed by atoms with Gasteiger partial charge in [0.05, 0.1) is 6.54 Å². The van der Waals surface area contributed by atoms with E-state index >= 15 is 0 Å². The highest BCUT2D eigenvalue weighted by atomic mass is 127. The number of hydrogen-bond acceptors (Lipinski definition) is 2. The van der Waals surface area contributed by atoms with Crippen LogP contribution in [0.15, 0.2) is 47.6 Å². The molecule has 0 spiro atoms. The van der Waals surface area contributed by atoms with E-state index in [2.05, 4.69) is 20.6 Å². The average molecular weight is 479 g/mol. The van der Waals surface area contributed by atoms with Crippen LogP contribution in [0.25, 0.3) is 0 Å². The van der Waals surface area contributed by atoms with Crippen molar-refractivity contribution in [2.24, 2.45) is 4.99 Å². The quantitative estimate of drug-likeness (QED) is 0.281. The lowest BCUT2D eigenvalue weighted by Gasteiger charge is -2.11. The Kier molecular flexibility index (Phi) is 10.1. The van der Waals surface area contributed by atoms with Gasteiger partial charge >= 0.3 is 0 Å². The molecule has 1 aromatic heterocycles. The fraction of sp³-hybridized carbons (Fsp3) is 0.294. The summed E-state index contributed by atoms with van der Waals surface area (Å²) >= 11 is 11.7. The number of rotatable bonds is 6. The van der Waals surface area contributed by atoms with Gasteiger partial charge in [0.15, 0.2) is 5.96 Å². The van der Waals surface area contributed by atoms with Gasteiger partial charge in [0.25, 0.3) is 0 Å². The van der Waals surface area contributed by atoms with Crippen LogP contribution in [-0.4, -0.2) is 24.0 Å². The lowest BCUT2D eigenvalue weighted by molar-refractivity contribution is 0.799. The van der Waals surface area contributed by atoms with Gasteiger partial charge in [0.1, 0.15) is 5.15 Å². The second-order valence-electron chi connectivity index (χ2n) is 4.99. The van der Waals surface area contributed by atoms with Crippen LogP contribution in [0.4, 0.5) is 0 Å². The molecule has 2 N–H and O–H groups in total. The van der Waals surface area contributed by atoms with Gasteiger partial charge in [-0.05, 0) is 42.7 Å². The molecule has 130 valence electrons. The van der Waals surface area contributed by atoms with Crippen LogP contribution in [0, 0.1) is 0 Å². The summed E-state index contributed by atoms with van der Waals surface area (Å²) in [6.45, 7) is 4.21. The molecule has 0 aliphatic heterocycles. The first-order valence-corrected chi connectivity index (χ1v) is 8.30. The molecule has 0 fully saturated rings. The predicted molar refractivity (Wildman–Crippen MR) is 113 cm³/mol. The number of nitrogens with zero attached hydrogens (tertiary/aromatic N) is 2. The molecule has 0 bridgehead atoms. The van der Waals surface area contributed by atoms with Crippen LogP contribution < -0.4 is 10.6 Å². The summed E-state index contributed by atoms with van der Waals surface area (Å²) in [6, 6.07) is 11.6. The molecule has 24 heavy (non-hydrogen) atoms. The predicted octanol–water partition coefficient (Wildman–Crippen LogP) is 4.30. The summed E-state index contributed by atoms with van der Waals surface area (Å²) in [5, 5.41) is 7.80. The summed E-state index contributed by atoms with van der Waals surface area (Å²) < 4.78 is 0. The van der Waals surface area contributed by atoms with Gasteiger partial charge < -0.3 is 10.6 Å². The number of pyridine rings is 1. The summed E-state index contributed by atoms with van der Waals surface area (Å²) in [4.78, 5) is 8.61. The smallest absolute Gasteiger partial charge is 0.191 e. The zero-order valence-electron chi connectivity index (χ0n) is 13.4. The highest BCUT2D eigenvalue weighted by Gasteiger charge is 1.99. The van der Waals surface area contributed by atoms with Gasteiger partial charge in [-0.25, -0.2) is 9.98 Å². The first-order valence-electron chi connectivity index (χ1n) is 7.54. The van der Waals surface area contributed by atoms with Crippen molar-refractivity contribution in [2.75, 3.05) is 13.1 Å². The van der Waals surface area contributed by atoms with Crippen LogP contribution in [0.3, 0.4) is 0 Å². The normalized spacial score (nSPS) is 10.9. The third kappa shape index (κ3) is 7.68. The molecule has 0 saturated heterocycles. The molecular formula is C17H21Cl2IN4. The van der Waals surface area contributed by atoms with Crippen molar-refractivity contribution >= 4 is 53.1 Å². The molecule has 0 radical (unpaired) electrons. The molecule has 1 aromatic carbocycles. The topological polar surface area (TPSA) is 49.3 Å². The summed E-state index contributed by atoms with van der Waals surface area (Å²) in [6.07, 6.45) is 2.65. The molecule has 0 atom stereocenters. The zero-order chi connectivity index (χ0) is 16.5. The molecule has 1 heterocycles. The molecule has 0 aliphatic carbocycles. The SMILES string of the molecule is CCNC(=NCc1ccc(Cl)nc1)NCCc1ccc(Cl)cc1.I. The lowest BCUT2D eigenvalue weighted by atomic mass is 10.1. The van der Waals surface area contributed by atoms with E-state index in [0.29, 0.717) is 11.7 Å². The fourth-order valence-corrected chi connectivity index (χ4v) is 2.23. The van der Waals surface area contributed by atoms with E-state index in [1.807, 2.05) is 37.3 Å². The molecule has 0 amide bonds. The maximum atomic E-state index is 5.89. The van der Waals surface area contributed by atoms with Crippen molar-refractivity contribution in [1.82, 2.24) is 15.6 Å². The molecule has 7 heteroatoms. The summed E-state index contributed by atoms with van der Waals surface area (Å²) in [5.41, 5.74) is 2.25. The van der Waals surface area contributed by atoms with Crippen LogP contribution >= 0.6 is 47.2 Å². The van der Waals surface area contributed by atoms with E-state index in [1.54, 1.807) is 12.3 Å². The number of aromatic nitrogens is 1. The van der Waals surface area contributed by atoms with Crippen molar-refractivity contribution in [3.63, 3.8) is 0 Å². The number of guanidine groups is 1. The Labute approximate surface area is 170 Å². The molecule has 2 aromatic rings. The van der Waals surface area contributed by atoms with E-state index < -0.39 is 0 Å². The van der Waals surface area contributed by atoms with Crippen LogP contribution in [0.1, 0.15) is 18.1 Å². The third-order valence-electron chi connectivity index (χ3n) is 3.17. The number of aliphatic imine (C=N–C) groups is 1. The van der Waals surface area contributed by atoms with E-state index in [0.717, 1.165) is 36.1 Å². The molecule has 4 nitrogen and oxygen atoms in total. The number of hydrogen-bond donors (Lipinski definition) is 2. The minimum atomic E-state index is 0. The van der Waals surface area contributed by atoms with Crippen LogP contribution in [-0.2, 0) is 13.0 Å². The van der Waals surface area contributed by atoms with Crippen molar-refractivity contribution < 1.29 is 0 Å². The number of benzene rings is 1. The molecule has 0 aliphatic rings. The summed E-state index contributed by atoms with van der Waals surface area (Å²) in [7, 11) is 0.